The molecule has 5 atom stereocenters. The zero-order valence-electron chi connectivity index (χ0n) is 16.9. The number of carbonyl (C=O) groups excluding carboxylic acids is 3. The molecule has 5 heteroatoms. The van der Waals surface area contributed by atoms with Crippen LogP contribution in [-0.4, -0.2) is 39.3 Å². The number of allylic oxidation sites excluding steroid dienone is 2. The molecule has 0 radical (unpaired) electrons. The molecule has 26 heavy (non-hydrogen) atoms. The van der Waals surface area contributed by atoms with E-state index in [9.17, 15) is 24.6 Å². The highest BCUT2D eigenvalue weighted by atomic mass is 16.3. The fraction of sp³-hybridized carbons (Fsp3) is 0.762. The lowest BCUT2D eigenvalue weighted by Crippen LogP contribution is -2.50. The number of hydrogen-bond acceptors (Lipinski definition) is 5. The van der Waals surface area contributed by atoms with E-state index in [1.165, 1.54) is 0 Å². The first kappa shape index (κ1) is 22.7. The van der Waals surface area contributed by atoms with Gasteiger partial charge in [-0.05, 0) is 39.0 Å². The molecule has 148 valence electrons. The molecule has 0 spiro atoms. The van der Waals surface area contributed by atoms with Gasteiger partial charge in [-0.3, -0.25) is 14.4 Å². The summed E-state index contributed by atoms with van der Waals surface area (Å²) in [5.41, 5.74) is -1.33. The smallest absolute Gasteiger partial charge is 0.187 e. The van der Waals surface area contributed by atoms with Crippen LogP contribution in [0.1, 0.15) is 67.2 Å². The van der Waals surface area contributed by atoms with Crippen LogP contribution in [-0.2, 0) is 14.4 Å². The van der Waals surface area contributed by atoms with Gasteiger partial charge in [-0.25, -0.2) is 0 Å². The summed E-state index contributed by atoms with van der Waals surface area (Å²) in [7, 11) is 0. The molecule has 1 saturated carbocycles. The monoisotopic (exact) mass is 366 g/mol. The maximum Gasteiger partial charge on any atom is 0.187 e. The molecule has 0 heterocycles. The molecule has 1 fully saturated rings. The van der Waals surface area contributed by atoms with E-state index in [2.05, 4.69) is 0 Å². The molecule has 2 N–H and O–H groups in total. The Morgan fingerprint density at radius 1 is 1.23 bits per heavy atom. The first-order valence-electron chi connectivity index (χ1n) is 9.63. The summed E-state index contributed by atoms with van der Waals surface area (Å²) in [6, 6.07) is 0. The summed E-state index contributed by atoms with van der Waals surface area (Å²) in [5.74, 6) is -4.26. The Morgan fingerprint density at radius 3 is 2.27 bits per heavy atom. The third-order valence-corrected chi connectivity index (χ3v) is 5.51. The van der Waals surface area contributed by atoms with Gasteiger partial charge in [0, 0.05) is 18.3 Å². The van der Waals surface area contributed by atoms with E-state index < -0.39 is 41.0 Å². The third-order valence-electron chi connectivity index (χ3n) is 5.51. The van der Waals surface area contributed by atoms with Crippen LogP contribution in [0.5, 0.6) is 0 Å². The summed E-state index contributed by atoms with van der Waals surface area (Å²) in [4.78, 5) is 38.4. The van der Waals surface area contributed by atoms with E-state index in [-0.39, 0.29) is 24.5 Å². The summed E-state index contributed by atoms with van der Waals surface area (Å²) < 4.78 is 0. The van der Waals surface area contributed by atoms with Crippen LogP contribution in [0, 0.1) is 23.7 Å². The summed E-state index contributed by atoms with van der Waals surface area (Å²) in [6.45, 7) is 11.2. The van der Waals surface area contributed by atoms with Gasteiger partial charge in [0.15, 0.2) is 17.2 Å². The number of Topliss-reactive ketones (excluding diaryl/α,β-unsaturated/α-hetero) is 3. The lowest BCUT2D eigenvalue weighted by molar-refractivity contribution is -0.154. The molecule has 1 aliphatic carbocycles. The van der Waals surface area contributed by atoms with Gasteiger partial charge in [0.2, 0.25) is 0 Å². The van der Waals surface area contributed by atoms with Crippen LogP contribution >= 0.6 is 0 Å². The Morgan fingerprint density at radius 2 is 1.81 bits per heavy atom. The van der Waals surface area contributed by atoms with Gasteiger partial charge in [-0.15, -0.1) is 0 Å². The van der Waals surface area contributed by atoms with E-state index in [4.69, 9.17) is 0 Å². The quantitative estimate of drug-likeness (QED) is 0.483. The van der Waals surface area contributed by atoms with Gasteiger partial charge in [0.05, 0.1) is 6.10 Å². The first-order chi connectivity index (χ1) is 12.0. The molecule has 1 rings (SSSR count). The molecule has 0 aromatic heterocycles. The number of rotatable bonds is 9. The molecule has 0 amide bonds. The van der Waals surface area contributed by atoms with Crippen molar-refractivity contribution in [3.63, 3.8) is 0 Å². The van der Waals surface area contributed by atoms with Crippen molar-refractivity contribution in [2.75, 3.05) is 0 Å². The normalized spacial score (nSPS) is 29.7. The molecular weight excluding hydrogens is 332 g/mol. The zero-order valence-corrected chi connectivity index (χ0v) is 16.9. The van der Waals surface area contributed by atoms with Crippen LogP contribution in [0.2, 0.25) is 0 Å². The Labute approximate surface area is 156 Å². The summed E-state index contributed by atoms with van der Waals surface area (Å²) in [5, 5.41) is 21.8. The topological polar surface area (TPSA) is 91.7 Å². The minimum absolute atomic E-state index is 0.0577. The fourth-order valence-electron chi connectivity index (χ4n) is 3.49. The third kappa shape index (κ3) is 4.49. The zero-order chi connectivity index (χ0) is 20.2. The Hall–Kier alpha value is -1.33. The van der Waals surface area contributed by atoms with Crippen LogP contribution in [0.15, 0.2) is 11.6 Å². The van der Waals surface area contributed by atoms with Gasteiger partial charge in [0.1, 0.15) is 11.7 Å². The van der Waals surface area contributed by atoms with Crippen molar-refractivity contribution in [3.8, 4) is 0 Å². The number of aliphatic hydroxyl groups excluding tert-OH is 1. The molecule has 0 bridgehead atoms. The van der Waals surface area contributed by atoms with Crippen molar-refractivity contribution >= 4 is 17.3 Å². The predicted molar refractivity (Wildman–Crippen MR) is 101 cm³/mol. The van der Waals surface area contributed by atoms with Crippen LogP contribution < -0.4 is 0 Å². The van der Waals surface area contributed by atoms with Crippen LogP contribution in [0.3, 0.4) is 0 Å². The average Bonchev–Trinajstić information content (AvgIpc) is 2.76. The van der Waals surface area contributed by atoms with Crippen molar-refractivity contribution in [2.45, 2.75) is 78.9 Å². The molecule has 5 unspecified atom stereocenters. The second-order valence-electron chi connectivity index (χ2n) is 8.29. The molecule has 0 aromatic rings. The lowest BCUT2D eigenvalue weighted by Gasteiger charge is -2.28. The van der Waals surface area contributed by atoms with Crippen molar-refractivity contribution in [1.82, 2.24) is 0 Å². The number of aliphatic hydroxyl groups is 2. The fourth-order valence-corrected chi connectivity index (χ4v) is 3.49. The Kier molecular flexibility index (Phi) is 7.90. The van der Waals surface area contributed by atoms with E-state index in [0.717, 1.165) is 5.57 Å². The highest BCUT2D eigenvalue weighted by molar-refractivity contribution is 6.20. The molecule has 0 aromatic carbocycles. The SMILES string of the molecule is CCC(C)C(=O)C1C(=O)C(O)(C(=O)CCC(C)C)C(CC=C(C)C)C1O. The minimum Gasteiger partial charge on any atom is -0.391 e. The van der Waals surface area contributed by atoms with Crippen molar-refractivity contribution < 1.29 is 24.6 Å². The largest absolute Gasteiger partial charge is 0.391 e. The molecule has 1 aliphatic rings. The predicted octanol–water partition coefficient (Wildman–Crippen LogP) is 2.87. The number of hydrogen-bond donors (Lipinski definition) is 2. The van der Waals surface area contributed by atoms with Crippen LogP contribution in [0.4, 0.5) is 0 Å². The van der Waals surface area contributed by atoms with E-state index in [1.54, 1.807) is 13.0 Å². The Balaban J connectivity index is 3.28. The minimum atomic E-state index is -2.28. The standard InChI is InChI=1S/C21H34O5/c1-7-14(6)18(23)17-19(24)15(10-8-12(2)3)21(26,20(17)25)16(22)11-9-13(4)5/h8,13-15,17,19,24,26H,7,9-11H2,1-6H3. The summed E-state index contributed by atoms with van der Waals surface area (Å²) >= 11 is 0. The average molecular weight is 366 g/mol. The highest BCUT2D eigenvalue weighted by Crippen LogP contribution is 2.42. The number of ketones is 3. The van der Waals surface area contributed by atoms with E-state index in [0.29, 0.717) is 12.8 Å². The van der Waals surface area contributed by atoms with Gasteiger partial charge >= 0.3 is 0 Å². The van der Waals surface area contributed by atoms with Gasteiger partial charge in [-0.2, -0.15) is 0 Å². The Bertz CT molecular complexity index is 573. The lowest BCUT2D eigenvalue weighted by atomic mass is 9.80. The second-order valence-corrected chi connectivity index (χ2v) is 8.29. The highest BCUT2D eigenvalue weighted by Gasteiger charge is 2.64. The molecule has 5 nitrogen and oxygen atoms in total. The molecular formula is C21H34O5. The maximum absolute atomic E-state index is 13.0. The van der Waals surface area contributed by atoms with Crippen molar-refractivity contribution in [1.29, 1.82) is 0 Å². The van der Waals surface area contributed by atoms with Gasteiger partial charge < -0.3 is 10.2 Å². The van der Waals surface area contributed by atoms with Gasteiger partial charge in [-0.1, -0.05) is 39.3 Å². The summed E-state index contributed by atoms with van der Waals surface area (Å²) in [6.07, 6.45) is 1.77. The number of carbonyl (C=O) groups is 3. The van der Waals surface area contributed by atoms with Crippen molar-refractivity contribution in [2.24, 2.45) is 23.7 Å². The van der Waals surface area contributed by atoms with Crippen molar-refractivity contribution in [3.05, 3.63) is 11.6 Å². The maximum atomic E-state index is 13.0. The molecule has 0 saturated heterocycles. The van der Waals surface area contributed by atoms with E-state index >= 15 is 0 Å². The van der Waals surface area contributed by atoms with E-state index in [1.807, 2.05) is 34.6 Å². The second kappa shape index (κ2) is 9.05. The van der Waals surface area contributed by atoms with Crippen LogP contribution in [0.25, 0.3) is 0 Å². The first-order valence-corrected chi connectivity index (χ1v) is 9.63. The molecule has 0 aliphatic heterocycles. The van der Waals surface area contributed by atoms with Gasteiger partial charge in [0.25, 0.3) is 0 Å².